The van der Waals surface area contributed by atoms with E-state index in [1.807, 2.05) is 14.0 Å². The van der Waals surface area contributed by atoms with Crippen LogP contribution in [-0.4, -0.2) is 12.0 Å². The molecule has 1 N–H and O–H groups in total. The van der Waals surface area contributed by atoms with Gasteiger partial charge in [-0.3, -0.25) is 10.1 Å². The molecule has 0 radical (unpaired) electrons. The van der Waals surface area contributed by atoms with Crippen LogP contribution in [0, 0.1) is 10.1 Å². The van der Waals surface area contributed by atoms with E-state index in [1.165, 1.54) is 17.4 Å². The zero-order chi connectivity index (χ0) is 9.14. The summed E-state index contributed by atoms with van der Waals surface area (Å²) in [7, 11) is 1.83. The van der Waals surface area contributed by atoms with Crippen molar-refractivity contribution in [3.05, 3.63) is 27.1 Å². The first-order valence-corrected chi connectivity index (χ1v) is 4.38. The Morgan fingerprint density at radius 1 is 1.67 bits per heavy atom. The average molecular weight is 186 g/mol. The third kappa shape index (κ3) is 1.80. The monoisotopic (exact) mass is 186 g/mol. The van der Waals surface area contributed by atoms with Crippen LogP contribution < -0.4 is 5.32 Å². The maximum atomic E-state index is 10.3. The summed E-state index contributed by atoms with van der Waals surface area (Å²) in [5, 5.41) is 13.5. The summed E-state index contributed by atoms with van der Waals surface area (Å²) in [6.45, 7) is 1.97. The van der Waals surface area contributed by atoms with E-state index in [2.05, 4.69) is 5.32 Å². The summed E-state index contributed by atoms with van der Waals surface area (Å²) in [6, 6.07) is 3.50. The van der Waals surface area contributed by atoms with Crippen LogP contribution in [0.3, 0.4) is 0 Å². The molecular formula is C7H10N2O2S. The van der Waals surface area contributed by atoms with E-state index in [-0.39, 0.29) is 16.0 Å². The van der Waals surface area contributed by atoms with Crippen LogP contribution in [0.2, 0.25) is 0 Å². The molecular weight excluding hydrogens is 176 g/mol. The molecule has 66 valence electrons. The molecule has 1 aromatic rings. The molecule has 0 aromatic carbocycles. The van der Waals surface area contributed by atoms with Gasteiger partial charge in [-0.15, -0.1) is 0 Å². The van der Waals surface area contributed by atoms with Crippen molar-refractivity contribution in [2.75, 3.05) is 7.05 Å². The van der Waals surface area contributed by atoms with Gasteiger partial charge in [0, 0.05) is 17.0 Å². The number of thiophene rings is 1. The molecule has 12 heavy (non-hydrogen) atoms. The Morgan fingerprint density at radius 2 is 2.33 bits per heavy atom. The molecule has 0 bridgehead atoms. The van der Waals surface area contributed by atoms with Crippen molar-refractivity contribution >= 4 is 16.3 Å². The summed E-state index contributed by atoms with van der Waals surface area (Å²) in [5.74, 6) is 0. The summed E-state index contributed by atoms with van der Waals surface area (Å²) >= 11 is 1.21. The van der Waals surface area contributed by atoms with Crippen LogP contribution in [0.4, 0.5) is 5.00 Å². The second-order valence-electron chi connectivity index (χ2n) is 2.44. The normalized spacial score (nSPS) is 12.8. The van der Waals surface area contributed by atoms with Crippen LogP contribution in [0.1, 0.15) is 17.8 Å². The number of nitro groups is 1. The van der Waals surface area contributed by atoms with Gasteiger partial charge >= 0.3 is 5.00 Å². The largest absolute Gasteiger partial charge is 0.324 e. The number of rotatable bonds is 3. The Hall–Kier alpha value is -0.940. The number of nitrogens with zero attached hydrogens (tertiary/aromatic N) is 1. The van der Waals surface area contributed by atoms with E-state index in [4.69, 9.17) is 0 Å². The second-order valence-corrected chi connectivity index (χ2v) is 3.54. The van der Waals surface area contributed by atoms with E-state index in [0.29, 0.717) is 0 Å². The molecule has 1 atom stereocenters. The third-order valence-corrected chi connectivity index (χ3v) is 2.87. The number of hydrogen-bond donors (Lipinski definition) is 1. The van der Waals surface area contributed by atoms with Gasteiger partial charge in [-0.2, -0.15) is 0 Å². The fourth-order valence-corrected chi connectivity index (χ4v) is 1.70. The van der Waals surface area contributed by atoms with Gasteiger partial charge in [0.15, 0.2) is 0 Å². The number of hydrogen-bond acceptors (Lipinski definition) is 4. The van der Waals surface area contributed by atoms with Gasteiger partial charge in [-0.1, -0.05) is 11.3 Å². The van der Waals surface area contributed by atoms with Crippen molar-refractivity contribution in [2.45, 2.75) is 13.0 Å². The minimum absolute atomic E-state index is 0.184. The summed E-state index contributed by atoms with van der Waals surface area (Å²) < 4.78 is 0. The molecule has 0 aliphatic heterocycles. The molecule has 1 aromatic heterocycles. The smallest absolute Gasteiger partial charge is 0.313 e. The van der Waals surface area contributed by atoms with Crippen molar-refractivity contribution < 1.29 is 4.92 Å². The lowest BCUT2D eigenvalue weighted by atomic mass is 10.3. The lowest BCUT2D eigenvalue weighted by Gasteiger charge is -2.04. The van der Waals surface area contributed by atoms with Gasteiger partial charge in [0.2, 0.25) is 0 Å². The fraction of sp³-hybridized carbons (Fsp3) is 0.429. The van der Waals surface area contributed by atoms with Gasteiger partial charge in [0.1, 0.15) is 0 Å². The minimum atomic E-state index is -0.365. The van der Waals surface area contributed by atoms with Crippen LogP contribution in [0.25, 0.3) is 0 Å². The summed E-state index contributed by atoms with van der Waals surface area (Å²) in [5.41, 5.74) is 0. The molecule has 5 heteroatoms. The van der Waals surface area contributed by atoms with Gasteiger partial charge < -0.3 is 5.32 Å². The Morgan fingerprint density at radius 3 is 2.75 bits per heavy atom. The molecule has 0 aliphatic carbocycles. The van der Waals surface area contributed by atoms with Gasteiger partial charge in [-0.05, 0) is 20.0 Å². The highest BCUT2D eigenvalue weighted by Crippen LogP contribution is 2.28. The molecule has 0 spiro atoms. The van der Waals surface area contributed by atoms with Crippen molar-refractivity contribution in [2.24, 2.45) is 0 Å². The van der Waals surface area contributed by atoms with Crippen LogP contribution in [0.5, 0.6) is 0 Å². The van der Waals surface area contributed by atoms with E-state index in [1.54, 1.807) is 6.07 Å². The standard InChI is InChI=1S/C7H10N2O2S/c1-5(8-2)6-3-4-7(12-6)9(10)11/h3-5,8H,1-2H3. The Labute approximate surface area is 74.4 Å². The van der Waals surface area contributed by atoms with E-state index >= 15 is 0 Å². The minimum Gasteiger partial charge on any atom is -0.313 e. The molecule has 1 heterocycles. The summed E-state index contributed by atoms with van der Waals surface area (Å²) in [4.78, 5) is 10.9. The predicted molar refractivity (Wildman–Crippen MR) is 48.4 cm³/mol. The molecule has 1 unspecified atom stereocenters. The average Bonchev–Trinajstić information content (AvgIpc) is 2.51. The molecule has 0 saturated carbocycles. The van der Waals surface area contributed by atoms with Gasteiger partial charge in [0.05, 0.1) is 4.92 Å². The van der Waals surface area contributed by atoms with Gasteiger partial charge in [-0.25, -0.2) is 0 Å². The van der Waals surface area contributed by atoms with Crippen LogP contribution in [-0.2, 0) is 0 Å². The molecule has 0 amide bonds. The predicted octanol–water partition coefficient (Wildman–Crippen LogP) is 1.94. The van der Waals surface area contributed by atoms with Crippen molar-refractivity contribution in [3.8, 4) is 0 Å². The Balaban J connectivity index is 2.84. The highest BCUT2D eigenvalue weighted by Gasteiger charge is 2.12. The topological polar surface area (TPSA) is 55.2 Å². The maximum Gasteiger partial charge on any atom is 0.324 e. The van der Waals surface area contributed by atoms with E-state index in [0.717, 1.165) is 4.88 Å². The molecule has 0 fully saturated rings. The molecule has 1 rings (SSSR count). The maximum absolute atomic E-state index is 10.3. The highest BCUT2D eigenvalue weighted by molar-refractivity contribution is 7.15. The van der Waals surface area contributed by atoms with Crippen LogP contribution >= 0.6 is 11.3 Å². The van der Waals surface area contributed by atoms with Gasteiger partial charge in [0.25, 0.3) is 0 Å². The number of nitrogens with one attached hydrogen (secondary N) is 1. The zero-order valence-corrected chi connectivity index (χ0v) is 7.72. The van der Waals surface area contributed by atoms with Crippen LogP contribution in [0.15, 0.2) is 12.1 Å². The van der Waals surface area contributed by atoms with Crippen molar-refractivity contribution in [1.82, 2.24) is 5.32 Å². The van der Waals surface area contributed by atoms with Crippen molar-refractivity contribution in [1.29, 1.82) is 0 Å². The Kier molecular flexibility index (Phi) is 2.78. The lowest BCUT2D eigenvalue weighted by Crippen LogP contribution is -2.10. The molecule has 0 saturated heterocycles. The lowest BCUT2D eigenvalue weighted by molar-refractivity contribution is -0.380. The first-order chi connectivity index (χ1) is 5.65. The third-order valence-electron chi connectivity index (χ3n) is 1.65. The summed E-state index contributed by atoms with van der Waals surface area (Å²) in [6.07, 6.45) is 0. The quantitative estimate of drug-likeness (QED) is 0.579. The fourth-order valence-electron chi connectivity index (χ4n) is 0.815. The first-order valence-electron chi connectivity index (χ1n) is 3.56. The van der Waals surface area contributed by atoms with E-state index in [9.17, 15) is 10.1 Å². The van der Waals surface area contributed by atoms with Crippen molar-refractivity contribution in [3.63, 3.8) is 0 Å². The molecule has 0 aliphatic rings. The van der Waals surface area contributed by atoms with E-state index < -0.39 is 0 Å². The molecule has 4 nitrogen and oxygen atoms in total. The second kappa shape index (κ2) is 3.64. The first kappa shape index (κ1) is 9.15. The highest BCUT2D eigenvalue weighted by atomic mass is 32.1. The SMILES string of the molecule is CNC(C)c1ccc([N+](=O)[O-])s1. The zero-order valence-electron chi connectivity index (χ0n) is 6.90. The Bertz CT molecular complexity index is 285.